The molecule has 0 radical (unpaired) electrons. The Morgan fingerprint density at radius 3 is 2.52 bits per heavy atom. The highest BCUT2D eigenvalue weighted by molar-refractivity contribution is 5.61. The summed E-state index contributed by atoms with van der Waals surface area (Å²) < 4.78 is 0. The maximum absolute atomic E-state index is 9.50. The second kappa shape index (κ2) is 6.95. The Morgan fingerprint density at radius 2 is 2.00 bits per heavy atom. The first-order valence-electron chi connectivity index (χ1n) is 8.04. The lowest BCUT2D eigenvalue weighted by Crippen LogP contribution is -2.34. The Labute approximate surface area is 129 Å². The number of rotatable bonds is 7. The molecule has 0 atom stereocenters. The Balaban J connectivity index is 2.18. The van der Waals surface area contributed by atoms with Gasteiger partial charge in [-0.1, -0.05) is 19.9 Å². The van der Waals surface area contributed by atoms with Gasteiger partial charge in [0.25, 0.3) is 0 Å². The molecule has 0 spiro atoms. The van der Waals surface area contributed by atoms with E-state index < -0.39 is 0 Å². The lowest BCUT2D eigenvalue weighted by Gasteiger charge is -2.31. The highest BCUT2D eigenvalue weighted by Gasteiger charge is 2.20. The molecule has 1 aliphatic carbocycles. The van der Waals surface area contributed by atoms with Crippen LogP contribution in [0.2, 0.25) is 0 Å². The lowest BCUT2D eigenvalue weighted by atomic mass is 10.1. The summed E-state index contributed by atoms with van der Waals surface area (Å²) in [7, 11) is 0. The van der Waals surface area contributed by atoms with Gasteiger partial charge in [0.05, 0.1) is 11.3 Å². The van der Waals surface area contributed by atoms with Gasteiger partial charge >= 0.3 is 0 Å². The molecule has 1 aromatic rings. The van der Waals surface area contributed by atoms with E-state index in [0.717, 1.165) is 24.3 Å². The van der Waals surface area contributed by atoms with Crippen molar-refractivity contribution < 1.29 is 0 Å². The summed E-state index contributed by atoms with van der Waals surface area (Å²) in [5.41, 5.74) is 3.06. The first-order valence-corrected chi connectivity index (χ1v) is 8.04. The van der Waals surface area contributed by atoms with Crippen LogP contribution in [-0.2, 0) is 6.54 Å². The summed E-state index contributed by atoms with van der Waals surface area (Å²) in [5.74, 6) is 0.579. The zero-order chi connectivity index (χ0) is 15.4. The van der Waals surface area contributed by atoms with Crippen LogP contribution in [0.1, 0.15) is 51.7 Å². The van der Waals surface area contributed by atoms with Crippen molar-refractivity contribution in [1.82, 2.24) is 5.32 Å². The van der Waals surface area contributed by atoms with Crippen LogP contribution in [0.5, 0.6) is 0 Å². The normalized spacial score (nSPS) is 14.5. The number of nitrogens with one attached hydrogen (secondary N) is 1. The van der Waals surface area contributed by atoms with Crippen LogP contribution in [-0.4, -0.2) is 18.6 Å². The quantitative estimate of drug-likeness (QED) is 0.830. The average molecular weight is 285 g/mol. The van der Waals surface area contributed by atoms with E-state index in [9.17, 15) is 5.26 Å². The third-order valence-electron chi connectivity index (χ3n) is 3.85. The van der Waals surface area contributed by atoms with Crippen LogP contribution in [0.3, 0.4) is 0 Å². The average Bonchev–Trinajstić information content (AvgIpc) is 3.26. The van der Waals surface area contributed by atoms with Crippen LogP contribution >= 0.6 is 0 Å². The minimum absolute atomic E-state index is 0.398. The van der Waals surface area contributed by atoms with Crippen LogP contribution in [0.25, 0.3) is 0 Å². The molecule has 0 aromatic heterocycles. The number of hydrogen-bond acceptors (Lipinski definition) is 3. The molecule has 1 N–H and O–H groups in total. The van der Waals surface area contributed by atoms with Crippen molar-refractivity contribution in [3.63, 3.8) is 0 Å². The van der Waals surface area contributed by atoms with Gasteiger partial charge in [-0.2, -0.15) is 5.26 Å². The number of anilines is 1. The largest absolute Gasteiger partial charge is 0.368 e. The SMILES string of the molecule is CC(C)CN(c1ccc(CNC2CC2)cc1C#N)C(C)C. The molecule has 21 heavy (non-hydrogen) atoms. The smallest absolute Gasteiger partial charge is 0.101 e. The molecule has 114 valence electrons. The van der Waals surface area contributed by atoms with E-state index in [-0.39, 0.29) is 0 Å². The molecular formula is C18H27N3. The zero-order valence-electron chi connectivity index (χ0n) is 13.7. The Bertz CT molecular complexity index is 510. The summed E-state index contributed by atoms with van der Waals surface area (Å²) in [5, 5.41) is 13.0. The van der Waals surface area contributed by atoms with Gasteiger partial charge in [0.1, 0.15) is 6.07 Å². The molecule has 1 aliphatic rings. The van der Waals surface area contributed by atoms with Crippen molar-refractivity contribution in [1.29, 1.82) is 5.26 Å². The van der Waals surface area contributed by atoms with Crippen molar-refractivity contribution in [3.05, 3.63) is 29.3 Å². The molecule has 2 rings (SSSR count). The minimum Gasteiger partial charge on any atom is -0.368 e. The van der Waals surface area contributed by atoms with E-state index >= 15 is 0 Å². The molecule has 0 saturated heterocycles. The van der Waals surface area contributed by atoms with E-state index in [1.807, 2.05) is 6.07 Å². The molecular weight excluding hydrogens is 258 g/mol. The summed E-state index contributed by atoms with van der Waals surface area (Å²) in [6, 6.07) is 9.79. The maximum Gasteiger partial charge on any atom is 0.101 e. The molecule has 1 fully saturated rings. The van der Waals surface area contributed by atoms with Gasteiger partial charge < -0.3 is 10.2 Å². The van der Waals surface area contributed by atoms with Crippen molar-refractivity contribution >= 4 is 5.69 Å². The van der Waals surface area contributed by atoms with Crippen LogP contribution in [0, 0.1) is 17.2 Å². The van der Waals surface area contributed by atoms with Gasteiger partial charge in [-0.15, -0.1) is 0 Å². The van der Waals surface area contributed by atoms with Gasteiger partial charge in [-0.3, -0.25) is 0 Å². The van der Waals surface area contributed by atoms with E-state index in [0.29, 0.717) is 18.0 Å². The van der Waals surface area contributed by atoms with Crippen molar-refractivity contribution in [2.24, 2.45) is 5.92 Å². The molecule has 0 unspecified atom stereocenters. The van der Waals surface area contributed by atoms with Crippen LogP contribution in [0.15, 0.2) is 18.2 Å². The lowest BCUT2D eigenvalue weighted by molar-refractivity contribution is 0.570. The molecule has 1 aromatic carbocycles. The third kappa shape index (κ3) is 4.47. The number of nitrogens with zero attached hydrogens (tertiary/aromatic N) is 2. The van der Waals surface area contributed by atoms with E-state index in [2.05, 4.69) is 56.1 Å². The second-order valence-corrected chi connectivity index (χ2v) is 6.76. The van der Waals surface area contributed by atoms with Crippen molar-refractivity contribution in [2.75, 3.05) is 11.4 Å². The standard InChI is InChI=1S/C18H27N3/c1-13(2)12-21(14(3)4)18-8-5-15(9-16(18)10-19)11-20-17-6-7-17/h5,8-9,13-14,17,20H,6-7,11-12H2,1-4H3. The Kier molecular flexibility index (Phi) is 5.25. The molecule has 0 bridgehead atoms. The summed E-state index contributed by atoms with van der Waals surface area (Å²) in [4.78, 5) is 2.33. The van der Waals surface area contributed by atoms with E-state index in [1.54, 1.807) is 0 Å². The van der Waals surface area contributed by atoms with Gasteiger partial charge in [0.2, 0.25) is 0 Å². The molecule has 3 heteroatoms. The van der Waals surface area contributed by atoms with E-state index in [1.165, 1.54) is 18.4 Å². The number of nitriles is 1. The Morgan fingerprint density at radius 1 is 1.29 bits per heavy atom. The first kappa shape index (κ1) is 15.9. The summed E-state index contributed by atoms with van der Waals surface area (Å²) in [6.07, 6.45) is 2.58. The molecule has 0 aliphatic heterocycles. The van der Waals surface area contributed by atoms with Gasteiger partial charge in [-0.05, 0) is 50.3 Å². The number of benzene rings is 1. The second-order valence-electron chi connectivity index (χ2n) is 6.76. The molecule has 3 nitrogen and oxygen atoms in total. The fourth-order valence-electron chi connectivity index (χ4n) is 2.56. The van der Waals surface area contributed by atoms with Crippen LogP contribution in [0.4, 0.5) is 5.69 Å². The van der Waals surface area contributed by atoms with Crippen molar-refractivity contribution in [3.8, 4) is 6.07 Å². The fraction of sp³-hybridized carbons (Fsp3) is 0.611. The predicted octanol–water partition coefficient (Wildman–Crippen LogP) is 3.68. The van der Waals surface area contributed by atoms with Crippen molar-refractivity contribution in [2.45, 2.75) is 59.2 Å². The predicted molar refractivity (Wildman–Crippen MR) is 88.3 cm³/mol. The Hall–Kier alpha value is -1.53. The monoisotopic (exact) mass is 285 g/mol. The highest BCUT2D eigenvalue weighted by Crippen LogP contribution is 2.25. The topological polar surface area (TPSA) is 39.1 Å². The summed E-state index contributed by atoms with van der Waals surface area (Å²) in [6.45, 7) is 10.7. The summed E-state index contributed by atoms with van der Waals surface area (Å²) >= 11 is 0. The first-order chi connectivity index (χ1) is 10.0. The third-order valence-corrected chi connectivity index (χ3v) is 3.85. The fourth-order valence-corrected chi connectivity index (χ4v) is 2.56. The molecule has 0 amide bonds. The highest BCUT2D eigenvalue weighted by atomic mass is 15.2. The molecule has 0 heterocycles. The molecule has 1 saturated carbocycles. The van der Waals surface area contributed by atoms with E-state index in [4.69, 9.17) is 0 Å². The maximum atomic E-state index is 9.50. The zero-order valence-corrected chi connectivity index (χ0v) is 13.7. The number of hydrogen-bond donors (Lipinski definition) is 1. The van der Waals surface area contributed by atoms with Gasteiger partial charge in [0, 0.05) is 25.2 Å². The van der Waals surface area contributed by atoms with Gasteiger partial charge in [-0.25, -0.2) is 0 Å². The van der Waals surface area contributed by atoms with Crippen LogP contribution < -0.4 is 10.2 Å². The minimum atomic E-state index is 0.398. The van der Waals surface area contributed by atoms with Gasteiger partial charge in [0.15, 0.2) is 0 Å².